The van der Waals surface area contributed by atoms with Crippen LogP contribution in [0.2, 0.25) is 0 Å². The van der Waals surface area contributed by atoms with Crippen molar-refractivity contribution in [2.24, 2.45) is 5.73 Å². The fourth-order valence-corrected chi connectivity index (χ4v) is 1.40. The van der Waals surface area contributed by atoms with Crippen LogP contribution >= 0.6 is 0 Å². The van der Waals surface area contributed by atoms with Crippen molar-refractivity contribution in [1.29, 1.82) is 0 Å². The van der Waals surface area contributed by atoms with Gasteiger partial charge in [-0.15, -0.1) is 5.10 Å². The monoisotopic (exact) mass is 204 g/mol. The number of hydrogen-bond donors (Lipinski definition) is 2. The predicted octanol–water partition coefficient (Wildman–Crippen LogP) is -0.313. The summed E-state index contributed by atoms with van der Waals surface area (Å²) in [6.07, 6.45) is 6.39. The van der Waals surface area contributed by atoms with Gasteiger partial charge in [-0.05, 0) is 12.1 Å². The minimum atomic E-state index is 0.605. The van der Waals surface area contributed by atoms with E-state index in [2.05, 4.69) is 25.4 Å². The zero-order valence-electron chi connectivity index (χ0n) is 8.22. The fourth-order valence-electron chi connectivity index (χ4n) is 1.40. The Bertz CT molecular complexity index is 410. The van der Waals surface area contributed by atoms with Gasteiger partial charge in [0, 0.05) is 18.5 Å². The maximum Gasteiger partial charge on any atom is 0.138 e. The molecule has 0 amide bonds. The highest BCUT2D eigenvalue weighted by Crippen LogP contribution is 2.09. The molecule has 3 N–H and O–H groups in total. The second-order valence-electron chi connectivity index (χ2n) is 3.19. The van der Waals surface area contributed by atoms with Crippen LogP contribution in [0.4, 0.5) is 0 Å². The van der Waals surface area contributed by atoms with E-state index < -0.39 is 0 Å². The first kappa shape index (κ1) is 9.72. The first-order chi connectivity index (χ1) is 7.40. The highest BCUT2D eigenvalue weighted by molar-refractivity contribution is 5.21. The lowest BCUT2D eigenvalue weighted by Crippen LogP contribution is -2.05. The van der Waals surface area contributed by atoms with Gasteiger partial charge in [0.2, 0.25) is 0 Å². The molecule has 6 heteroatoms. The standard InChI is InChI=1S/C9H12N6/c10-2-1-9-7(4-12-15-9)3-8-5-11-6-13-14-8/h4-6H,1-3,10H2,(H,12,15). The Balaban J connectivity index is 2.14. The van der Waals surface area contributed by atoms with E-state index >= 15 is 0 Å². The van der Waals surface area contributed by atoms with Crippen molar-refractivity contribution in [2.75, 3.05) is 6.54 Å². The maximum atomic E-state index is 5.49. The number of nitrogens with one attached hydrogen (secondary N) is 1. The molecule has 2 heterocycles. The molecule has 0 aliphatic carbocycles. The summed E-state index contributed by atoms with van der Waals surface area (Å²) in [5.74, 6) is 0. The minimum Gasteiger partial charge on any atom is -0.330 e. The van der Waals surface area contributed by atoms with Gasteiger partial charge in [0.05, 0.1) is 18.1 Å². The summed E-state index contributed by atoms with van der Waals surface area (Å²) >= 11 is 0. The van der Waals surface area contributed by atoms with E-state index in [4.69, 9.17) is 5.73 Å². The molecular weight excluding hydrogens is 192 g/mol. The molecule has 2 aromatic rings. The van der Waals surface area contributed by atoms with Crippen molar-refractivity contribution in [1.82, 2.24) is 25.4 Å². The molecule has 2 rings (SSSR count). The number of rotatable bonds is 4. The first-order valence-electron chi connectivity index (χ1n) is 4.73. The Morgan fingerprint density at radius 2 is 2.27 bits per heavy atom. The van der Waals surface area contributed by atoms with E-state index in [0.29, 0.717) is 13.0 Å². The van der Waals surface area contributed by atoms with E-state index in [0.717, 1.165) is 23.4 Å². The van der Waals surface area contributed by atoms with E-state index in [1.165, 1.54) is 6.33 Å². The van der Waals surface area contributed by atoms with Crippen LogP contribution in [0, 0.1) is 0 Å². The zero-order chi connectivity index (χ0) is 10.5. The summed E-state index contributed by atoms with van der Waals surface area (Å²) in [5, 5.41) is 14.6. The molecule has 0 saturated carbocycles. The largest absolute Gasteiger partial charge is 0.330 e. The van der Waals surface area contributed by atoms with Crippen molar-refractivity contribution in [3.05, 3.63) is 35.7 Å². The number of nitrogens with zero attached hydrogens (tertiary/aromatic N) is 4. The highest BCUT2D eigenvalue weighted by Gasteiger charge is 2.06. The van der Waals surface area contributed by atoms with Gasteiger partial charge in [-0.1, -0.05) is 0 Å². The molecule has 15 heavy (non-hydrogen) atoms. The van der Waals surface area contributed by atoms with E-state index in [1.54, 1.807) is 12.4 Å². The highest BCUT2D eigenvalue weighted by atomic mass is 15.1. The average molecular weight is 204 g/mol. The molecule has 78 valence electrons. The summed E-state index contributed by atoms with van der Waals surface area (Å²) in [7, 11) is 0. The van der Waals surface area contributed by atoms with E-state index in [9.17, 15) is 0 Å². The van der Waals surface area contributed by atoms with Crippen LogP contribution in [0.5, 0.6) is 0 Å². The van der Waals surface area contributed by atoms with Crippen LogP contribution in [-0.2, 0) is 12.8 Å². The van der Waals surface area contributed by atoms with Gasteiger partial charge in [0.25, 0.3) is 0 Å². The minimum absolute atomic E-state index is 0.605. The molecule has 0 radical (unpaired) electrons. The van der Waals surface area contributed by atoms with E-state index in [1.807, 2.05) is 0 Å². The SMILES string of the molecule is NCCc1[nH]ncc1Cc1cncnn1. The Morgan fingerprint density at radius 3 is 3.00 bits per heavy atom. The molecule has 0 aromatic carbocycles. The Morgan fingerprint density at radius 1 is 1.33 bits per heavy atom. The van der Waals surface area contributed by atoms with Crippen molar-refractivity contribution in [3.63, 3.8) is 0 Å². The third kappa shape index (κ3) is 2.35. The summed E-state index contributed by atoms with van der Waals surface area (Å²) in [4.78, 5) is 3.91. The second-order valence-corrected chi connectivity index (χ2v) is 3.19. The Kier molecular flexibility index (Phi) is 2.99. The van der Waals surface area contributed by atoms with Gasteiger partial charge in [0.1, 0.15) is 6.33 Å². The fraction of sp³-hybridized carbons (Fsp3) is 0.333. The van der Waals surface area contributed by atoms with Crippen LogP contribution < -0.4 is 5.73 Å². The molecule has 0 spiro atoms. The van der Waals surface area contributed by atoms with Crippen LogP contribution in [0.3, 0.4) is 0 Å². The smallest absolute Gasteiger partial charge is 0.138 e. The number of aromatic nitrogens is 5. The van der Waals surface area contributed by atoms with Crippen LogP contribution in [0.1, 0.15) is 17.0 Å². The van der Waals surface area contributed by atoms with Gasteiger partial charge in [-0.3, -0.25) is 5.10 Å². The van der Waals surface area contributed by atoms with Gasteiger partial charge in [0.15, 0.2) is 0 Å². The molecule has 0 atom stereocenters. The van der Waals surface area contributed by atoms with Crippen molar-refractivity contribution >= 4 is 0 Å². The quantitative estimate of drug-likeness (QED) is 0.712. The van der Waals surface area contributed by atoms with Crippen molar-refractivity contribution in [3.8, 4) is 0 Å². The summed E-state index contributed by atoms with van der Waals surface area (Å²) in [6.45, 7) is 0.605. The van der Waals surface area contributed by atoms with Gasteiger partial charge in [-0.2, -0.15) is 10.2 Å². The van der Waals surface area contributed by atoms with Crippen molar-refractivity contribution < 1.29 is 0 Å². The first-order valence-corrected chi connectivity index (χ1v) is 4.73. The van der Waals surface area contributed by atoms with Crippen molar-refractivity contribution in [2.45, 2.75) is 12.8 Å². The number of aromatic amines is 1. The normalized spacial score (nSPS) is 10.5. The van der Waals surface area contributed by atoms with Crippen LogP contribution in [0.15, 0.2) is 18.7 Å². The lowest BCUT2D eigenvalue weighted by Gasteiger charge is -1.99. The third-order valence-corrected chi connectivity index (χ3v) is 2.10. The average Bonchev–Trinajstić information content (AvgIpc) is 2.68. The zero-order valence-corrected chi connectivity index (χ0v) is 8.22. The van der Waals surface area contributed by atoms with Crippen LogP contribution in [0.25, 0.3) is 0 Å². The Hall–Kier alpha value is -1.82. The van der Waals surface area contributed by atoms with E-state index in [-0.39, 0.29) is 0 Å². The lowest BCUT2D eigenvalue weighted by atomic mass is 10.1. The summed E-state index contributed by atoms with van der Waals surface area (Å²) < 4.78 is 0. The van der Waals surface area contributed by atoms with Gasteiger partial charge >= 0.3 is 0 Å². The molecule has 0 aliphatic heterocycles. The molecule has 0 unspecified atom stereocenters. The molecule has 0 saturated heterocycles. The second kappa shape index (κ2) is 4.61. The topological polar surface area (TPSA) is 93.4 Å². The molecular formula is C9H12N6. The number of nitrogens with two attached hydrogens (primary N) is 1. The molecule has 0 fully saturated rings. The molecule has 2 aromatic heterocycles. The number of H-pyrrole nitrogens is 1. The molecule has 0 bridgehead atoms. The summed E-state index contributed by atoms with van der Waals surface area (Å²) in [6, 6.07) is 0. The van der Waals surface area contributed by atoms with Crippen LogP contribution in [-0.4, -0.2) is 31.9 Å². The lowest BCUT2D eigenvalue weighted by molar-refractivity contribution is 0.865. The maximum absolute atomic E-state index is 5.49. The Labute approximate surface area is 86.9 Å². The summed E-state index contributed by atoms with van der Waals surface area (Å²) in [5.41, 5.74) is 8.48. The third-order valence-electron chi connectivity index (χ3n) is 2.10. The predicted molar refractivity (Wildman–Crippen MR) is 54.0 cm³/mol. The molecule has 0 aliphatic rings. The molecule has 6 nitrogen and oxygen atoms in total. The van der Waals surface area contributed by atoms with Gasteiger partial charge < -0.3 is 5.73 Å². The van der Waals surface area contributed by atoms with Gasteiger partial charge in [-0.25, -0.2) is 4.98 Å². The number of hydrogen-bond acceptors (Lipinski definition) is 5.